The fourth-order valence-corrected chi connectivity index (χ4v) is 3.75. The van der Waals surface area contributed by atoms with Crippen molar-refractivity contribution in [3.8, 4) is 0 Å². The number of carboxylic acid groups (broad SMARTS) is 1. The highest BCUT2D eigenvalue weighted by molar-refractivity contribution is 9.10. The number of sulfonamides is 1. The molecule has 1 aromatic heterocycles. The third kappa shape index (κ3) is 3.49. The molecular weight excluding hydrogens is 362 g/mol. The van der Waals surface area contributed by atoms with Crippen LogP contribution in [0.5, 0.6) is 0 Å². The summed E-state index contributed by atoms with van der Waals surface area (Å²) >= 11 is 3.19. The van der Waals surface area contributed by atoms with E-state index in [4.69, 9.17) is 5.11 Å². The Balaban J connectivity index is 2.37. The number of aryl methyl sites for hydroxylation is 1. The number of nitrogens with zero attached hydrogens (tertiary/aromatic N) is 1. The summed E-state index contributed by atoms with van der Waals surface area (Å²) in [5.74, 6) is -1.18. The highest BCUT2D eigenvalue weighted by Gasteiger charge is 2.21. The molecule has 0 saturated heterocycles. The normalized spacial score (nSPS) is 11.5. The summed E-state index contributed by atoms with van der Waals surface area (Å²) in [4.78, 5) is 10.9. The maximum Gasteiger partial charge on any atom is 0.335 e. The minimum absolute atomic E-state index is 0.0572. The third-order valence-corrected chi connectivity index (χ3v) is 5.52. The van der Waals surface area contributed by atoms with Crippen molar-refractivity contribution in [1.82, 2.24) is 14.9 Å². The average molecular weight is 374 g/mol. The van der Waals surface area contributed by atoms with E-state index < -0.39 is 16.0 Å². The van der Waals surface area contributed by atoms with E-state index >= 15 is 0 Å². The first-order valence-corrected chi connectivity index (χ1v) is 8.09. The monoisotopic (exact) mass is 373 g/mol. The summed E-state index contributed by atoms with van der Waals surface area (Å²) in [7, 11) is -3.85. The topological polar surface area (TPSA) is 112 Å². The maximum absolute atomic E-state index is 12.3. The molecule has 7 nitrogen and oxygen atoms in total. The molecule has 21 heavy (non-hydrogen) atoms. The van der Waals surface area contributed by atoms with Gasteiger partial charge in [0, 0.05) is 22.8 Å². The Kier molecular flexibility index (Phi) is 4.45. The molecule has 0 spiro atoms. The summed E-state index contributed by atoms with van der Waals surface area (Å²) < 4.78 is 27.4. The molecule has 2 aromatic rings. The molecule has 1 heterocycles. The van der Waals surface area contributed by atoms with E-state index in [2.05, 4.69) is 30.8 Å². The number of nitrogens with one attached hydrogen (secondary N) is 2. The van der Waals surface area contributed by atoms with E-state index in [-0.39, 0.29) is 17.0 Å². The largest absolute Gasteiger partial charge is 0.478 e. The number of aromatic carboxylic acids is 1. The van der Waals surface area contributed by atoms with E-state index in [1.165, 1.54) is 12.3 Å². The van der Waals surface area contributed by atoms with E-state index in [9.17, 15) is 13.2 Å². The predicted molar refractivity (Wildman–Crippen MR) is 78.5 cm³/mol. The molecule has 0 fully saturated rings. The number of hydrogen-bond donors (Lipinski definition) is 3. The number of aromatic nitrogens is 2. The van der Waals surface area contributed by atoms with E-state index in [0.717, 1.165) is 6.07 Å². The van der Waals surface area contributed by atoms with Crippen LogP contribution in [-0.4, -0.2) is 29.7 Å². The minimum atomic E-state index is -3.85. The van der Waals surface area contributed by atoms with Crippen LogP contribution in [-0.2, 0) is 16.6 Å². The lowest BCUT2D eigenvalue weighted by Crippen LogP contribution is -2.24. The Morgan fingerprint density at radius 2 is 2.19 bits per heavy atom. The zero-order valence-electron chi connectivity index (χ0n) is 10.9. The van der Waals surface area contributed by atoms with Gasteiger partial charge >= 0.3 is 5.97 Å². The SMILES string of the molecule is Cc1cc(C(=O)O)cc(S(=O)(=O)NCc2cn[nH]c2)c1Br. The van der Waals surface area contributed by atoms with Gasteiger partial charge in [-0.25, -0.2) is 17.9 Å². The number of halogens is 1. The van der Waals surface area contributed by atoms with Crippen molar-refractivity contribution in [2.24, 2.45) is 0 Å². The number of hydrogen-bond acceptors (Lipinski definition) is 4. The standard InChI is InChI=1S/C12H12BrN3O4S/c1-7-2-9(12(17)18)3-10(11(7)13)21(19,20)16-6-8-4-14-15-5-8/h2-5,16H,6H2,1H3,(H,14,15)(H,17,18). The van der Waals surface area contributed by atoms with Gasteiger partial charge in [-0.3, -0.25) is 5.10 Å². The van der Waals surface area contributed by atoms with Crippen LogP contribution >= 0.6 is 15.9 Å². The van der Waals surface area contributed by atoms with Crippen LogP contribution in [0.25, 0.3) is 0 Å². The van der Waals surface area contributed by atoms with E-state index in [1.807, 2.05) is 0 Å². The summed E-state index contributed by atoms with van der Waals surface area (Å²) in [6.45, 7) is 1.69. The Hall–Kier alpha value is -1.71. The van der Waals surface area contributed by atoms with Crippen molar-refractivity contribution in [1.29, 1.82) is 0 Å². The molecule has 0 radical (unpaired) electrons. The molecule has 0 unspecified atom stereocenters. The van der Waals surface area contributed by atoms with Crippen molar-refractivity contribution in [3.05, 3.63) is 45.7 Å². The molecule has 0 saturated carbocycles. The number of rotatable bonds is 5. The quantitative estimate of drug-likeness (QED) is 0.737. The second kappa shape index (κ2) is 5.96. The van der Waals surface area contributed by atoms with Gasteiger partial charge < -0.3 is 5.11 Å². The zero-order valence-corrected chi connectivity index (χ0v) is 13.3. The molecule has 2 rings (SSSR count). The van der Waals surface area contributed by atoms with Gasteiger partial charge in [0.1, 0.15) is 0 Å². The zero-order chi connectivity index (χ0) is 15.6. The Labute approximate surface area is 129 Å². The van der Waals surface area contributed by atoms with Crippen LogP contribution < -0.4 is 4.72 Å². The Morgan fingerprint density at radius 3 is 2.76 bits per heavy atom. The summed E-state index contributed by atoms with van der Waals surface area (Å²) in [6, 6.07) is 2.53. The molecule has 9 heteroatoms. The van der Waals surface area contributed by atoms with Crippen molar-refractivity contribution < 1.29 is 18.3 Å². The molecule has 1 aromatic carbocycles. The second-order valence-corrected chi connectivity index (χ2v) is 6.87. The lowest BCUT2D eigenvalue weighted by Gasteiger charge is -2.11. The molecule has 0 aliphatic carbocycles. The number of carboxylic acids is 1. The van der Waals surface area contributed by atoms with Gasteiger partial charge in [-0.05, 0) is 40.5 Å². The highest BCUT2D eigenvalue weighted by Crippen LogP contribution is 2.27. The van der Waals surface area contributed by atoms with Crippen molar-refractivity contribution >= 4 is 31.9 Å². The molecule has 3 N–H and O–H groups in total. The lowest BCUT2D eigenvalue weighted by molar-refractivity contribution is 0.0696. The molecule has 0 aliphatic rings. The Morgan fingerprint density at radius 1 is 1.48 bits per heavy atom. The number of benzene rings is 1. The predicted octanol–water partition coefficient (Wildman–Crippen LogP) is 1.66. The first kappa shape index (κ1) is 15.7. The number of carbonyl (C=O) groups is 1. The highest BCUT2D eigenvalue weighted by atomic mass is 79.9. The number of H-pyrrole nitrogens is 1. The van der Waals surface area contributed by atoms with Gasteiger partial charge in [-0.2, -0.15) is 5.10 Å². The first-order chi connectivity index (χ1) is 9.81. The molecule has 0 amide bonds. The van der Waals surface area contributed by atoms with Gasteiger partial charge in [0.2, 0.25) is 10.0 Å². The molecule has 0 atom stereocenters. The molecule has 0 bridgehead atoms. The molecular formula is C12H12BrN3O4S. The van der Waals surface area contributed by atoms with Crippen LogP contribution in [0.1, 0.15) is 21.5 Å². The van der Waals surface area contributed by atoms with E-state index in [0.29, 0.717) is 15.6 Å². The summed E-state index contributed by atoms with van der Waals surface area (Å²) in [6.07, 6.45) is 3.06. The minimum Gasteiger partial charge on any atom is -0.478 e. The molecule has 112 valence electrons. The fraction of sp³-hybridized carbons (Fsp3) is 0.167. The average Bonchev–Trinajstić information content (AvgIpc) is 2.92. The van der Waals surface area contributed by atoms with Crippen molar-refractivity contribution in [2.75, 3.05) is 0 Å². The third-order valence-electron chi connectivity index (χ3n) is 2.78. The summed E-state index contributed by atoms with van der Waals surface area (Å²) in [5, 5.41) is 15.3. The van der Waals surface area contributed by atoms with Crippen molar-refractivity contribution in [2.45, 2.75) is 18.4 Å². The molecule has 0 aliphatic heterocycles. The van der Waals surface area contributed by atoms with Crippen LogP contribution in [0.3, 0.4) is 0 Å². The number of aromatic amines is 1. The van der Waals surface area contributed by atoms with Crippen LogP contribution in [0.2, 0.25) is 0 Å². The second-order valence-electron chi connectivity index (χ2n) is 4.34. The summed E-state index contributed by atoms with van der Waals surface area (Å²) in [5.41, 5.74) is 1.11. The van der Waals surface area contributed by atoms with Crippen LogP contribution in [0, 0.1) is 6.92 Å². The van der Waals surface area contributed by atoms with Gasteiger partial charge in [0.25, 0.3) is 0 Å². The van der Waals surface area contributed by atoms with Crippen molar-refractivity contribution in [3.63, 3.8) is 0 Å². The van der Waals surface area contributed by atoms with Gasteiger partial charge in [0.15, 0.2) is 0 Å². The van der Waals surface area contributed by atoms with Gasteiger partial charge in [-0.1, -0.05) is 0 Å². The maximum atomic E-state index is 12.3. The fourth-order valence-electron chi connectivity index (χ4n) is 1.69. The van der Waals surface area contributed by atoms with Crippen LogP contribution in [0.15, 0.2) is 33.9 Å². The Bertz CT molecular complexity index is 772. The smallest absolute Gasteiger partial charge is 0.335 e. The lowest BCUT2D eigenvalue weighted by atomic mass is 10.1. The van der Waals surface area contributed by atoms with Crippen LogP contribution in [0.4, 0.5) is 0 Å². The van der Waals surface area contributed by atoms with Gasteiger partial charge in [-0.15, -0.1) is 0 Å². The first-order valence-electron chi connectivity index (χ1n) is 5.82. The van der Waals surface area contributed by atoms with Gasteiger partial charge in [0.05, 0.1) is 16.7 Å². The van der Waals surface area contributed by atoms with E-state index in [1.54, 1.807) is 13.1 Å².